The first kappa shape index (κ1) is 29.4. The molecular weight excluding hydrogens is 512 g/mol. The van der Waals surface area contributed by atoms with Crippen molar-refractivity contribution in [3.63, 3.8) is 0 Å². The van der Waals surface area contributed by atoms with Crippen LogP contribution in [0.5, 0.6) is 0 Å². The number of ether oxygens (including phenoxy) is 1. The number of amides is 1. The zero-order valence-corrected chi connectivity index (χ0v) is 25.0. The maximum atomic E-state index is 14.0. The Morgan fingerprint density at radius 3 is 2.41 bits per heavy atom. The van der Waals surface area contributed by atoms with Crippen molar-refractivity contribution >= 4 is 11.6 Å². The number of carbonyl (C=O) groups is 1. The molecule has 6 nitrogen and oxygen atoms in total. The standard InChI is InChI=1S/C35H46N2O4/c1-23(2)33(40-4)19-8-24(3)26-11-9-25(10-12-26)21-37(35(39)28-15-17-31(38)18-16-28)30-7-5-6-29(20-30)32-22-41-34(36-32)27-13-14-27/h5-8,19-20,22,25-28,31,38H,3,9-18,21H2,1-2,4H3/b19-8-. The van der Waals surface area contributed by atoms with Gasteiger partial charge in [-0.25, -0.2) is 4.98 Å². The molecule has 0 bridgehead atoms. The summed E-state index contributed by atoms with van der Waals surface area (Å²) in [5.74, 6) is 3.22. The third kappa shape index (κ3) is 7.40. The van der Waals surface area contributed by atoms with Crippen LogP contribution in [0.1, 0.15) is 89.9 Å². The van der Waals surface area contributed by atoms with Crippen molar-refractivity contribution in [2.45, 2.75) is 90.1 Å². The van der Waals surface area contributed by atoms with Crippen molar-refractivity contribution in [3.05, 3.63) is 72.1 Å². The van der Waals surface area contributed by atoms with Gasteiger partial charge in [0.25, 0.3) is 0 Å². The van der Waals surface area contributed by atoms with E-state index in [4.69, 9.17) is 14.1 Å². The number of anilines is 1. The van der Waals surface area contributed by atoms with Gasteiger partial charge in [-0.3, -0.25) is 4.79 Å². The summed E-state index contributed by atoms with van der Waals surface area (Å²) in [5.41, 5.74) is 5.04. The maximum absolute atomic E-state index is 14.0. The van der Waals surface area contributed by atoms with E-state index in [1.165, 1.54) is 0 Å². The highest BCUT2D eigenvalue weighted by Gasteiger charge is 2.33. The molecular formula is C35H46N2O4. The summed E-state index contributed by atoms with van der Waals surface area (Å²) in [4.78, 5) is 20.8. The van der Waals surface area contributed by atoms with Gasteiger partial charge in [0.1, 0.15) is 17.7 Å². The van der Waals surface area contributed by atoms with E-state index in [0.717, 1.165) is 91.1 Å². The number of aliphatic hydroxyl groups is 1. The number of carbonyl (C=O) groups excluding carboxylic acids is 1. The zero-order chi connectivity index (χ0) is 28.9. The van der Waals surface area contributed by atoms with Crippen molar-refractivity contribution in [3.8, 4) is 11.3 Å². The number of allylic oxidation sites excluding steroid dienone is 4. The lowest BCUT2D eigenvalue weighted by Crippen LogP contribution is -2.42. The van der Waals surface area contributed by atoms with Gasteiger partial charge >= 0.3 is 0 Å². The van der Waals surface area contributed by atoms with E-state index in [9.17, 15) is 9.90 Å². The van der Waals surface area contributed by atoms with Gasteiger partial charge in [0.15, 0.2) is 5.89 Å². The first-order chi connectivity index (χ1) is 19.8. The highest BCUT2D eigenvalue weighted by Crippen LogP contribution is 2.41. The fraction of sp³-hybridized carbons (Fsp3) is 0.543. The Balaban J connectivity index is 1.29. The van der Waals surface area contributed by atoms with Crippen LogP contribution in [0.4, 0.5) is 5.69 Å². The van der Waals surface area contributed by atoms with Gasteiger partial charge in [-0.2, -0.15) is 0 Å². The molecule has 1 aromatic carbocycles. The van der Waals surface area contributed by atoms with Crippen LogP contribution in [0.15, 0.2) is 70.6 Å². The summed E-state index contributed by atoms with van der Waals surface area (Å²) in [5, 5.41) is 10.1. The van der Waals surface area contributed by atoms with Crippen LogP contribution >= 0.6 is 0 Å². The highest BCUT2D eigenvalue weighted by atomic mass is 16.5. The Hall–Kier alpha value is -3.12. The number of oxazole rings is 1. The van der Waals surface area contributed by atoms with E-state index in [1.807, 2.05) is 37.0 Å². The first-order valence-electron chi connectivity index (χ1n) is 15.5. The third-order valence-electron chi connectivity index (χ3n) is 9.19. The van der Waals surface area contributed by atoms with Gasteiger partial charge in [-0.15, -0.1) is 0 Å². The number of hydrogen-bond acceptors (Lipinski definition) is 5. The van der Waals surface area contributed by atoms with Gasteiger partial charge < -0.3 is 19.2 Å². The highest BCUT2D eigenvalue weighted by molar-refractivity contribution is 5.95. The first-order valence-corrected chi connectivity index (χ1v) is 15.5. The molecule has 220 valence electrons. The van der Waals surface area contributed by atoms with Crippen molar-refractivity contribution in [2.75, 3.05) is 18.6 Å². The summed E-state index contributed by atoms with van der Waals surface area (Å²) in [7, 11) is 1.70. The number of aromatic nitrogens is 1. The lowest BCUT2D eigenvalue weighted by Gasteiger charge is -2.36. The molecule has 2 aromatic rings. The van der Waals surface area contributed by atoms with Crippen molar-refractivity contribution in [1.82, 2.24) is 4.98 Å². The Labute approximate surface area is 245 Å². The number of rotatable bonds is 10. The lowest BCUT2D eigenvalue weighted by atomic mass is 9.78. The van der Waals surface area contributed by atoms with Crippen molar-refractivity contribution in [1.29, 1.82) is 0 Å². The van der Waals surface area contributed by atoms with E-state index in [-0.39, 0.29) is 17.9 Å². The minimum Gasteiger partial charge on any atom is -0.497 e. The maximum Gasteiger partial charge on any atom is 0.230 e. The average molecular weight is 559 g/mol. The SMILES string of the molecule is C=C(/C=C\C(OC)=C(C)C)C1CCC(CN(C(=O)C2CCC(O)CC2)c2cccc(-c3coc(C4CC4)n3)c2)CC1. The topological polar surface area (TPSA) is 75.8 Å². The molecule has 0 atom stereocenters. The quantitative estimate of drug-likeness (QED) is 0.236. The summed E-state index contributed by atoms with van der Waals surface area (Å²) in [6.45, 7) is 9.18. The molecule has 1 amide bonds. The van der Waals surface area contributed by atoms with E-state index in [0.29, 0.717) is 37.1 Å². The Bertz CT molecular complexity index is 1270. The third-order valence-corrected chi connectivity index (χ3v) is 9.19. The molecule has 1 N–H and O–H groups in total. The van der Waals surface area contributed by atoms with Crippen LogP contribution in [0.2, 0.25) is 0 Å². The fourth-order valence-electron chi connectivity index (χ4n) is 6.37. The van der Waals surface area contributed by atoms with E-state index < -0.39 is 0 Å². The van der Waals surface area contributed by atoms with Crippen LogP contribution < -0.4 is 4.90 Å². The largest absolute Gasteiger partial charge is 0.497 e. The Morgan fingerprint density at radius 2 is 1.76 bits per heavy atom. The molecule has 0 unspecified atom stereocenters. The molecule has 0 spiro atoms. The van der Waals surface area contributed by atoms with Gasteiger partial charge in [0, 0.05) is 29.6 Å². The second-order valence-corrected chi connectivity index (χ2v) is 12.5. The lowest BCUT2D eigenvalue weighted by molar-refractivity contribution is -0.124. The second kappa shape index (κ2) is 13.2. The minimum absolute atomic E-state index is 0.0399. The smallest absolute Gasteiger partial charge is 0.230 e. The van der Waals surface area contributed by atoms with Gasteiger partial charge in [0.05, 0.1) is 13.2 Å². The van der Waals surface area contributed by atoms with Crippen molar-refractivity contribution in [2.24, 2.45) is 17.8 Å². The number of hydrogen-bond donors (Lipinski definition) is 1. The Morgan fingerprint density at radius 1 is 1.05 bits per heavy atom. The van der Waals surface area contributed by atoms with E-state index in [1.54, 1.807) is 13.4 Å². The summed E-state index contributed by atoms with van der Waals surface area (Å²) >= 11 is 0. The van der Waals surface area contributed by atoms with Gasteiger partial charge in [-0.05, 0) is 114 Å². The molecule has 1 aromatic heterocycles. The second-order valence-electron chi connectivity index (χ2n) is 12.5. The number of benzene rings is 1. The van der Waals surface area contributed by atoms with Gasteiger partial charge in [0.2, 0.25) is 5.91 Å². The molecule has 0 radical (unpaired) electrons. The van der Waals surface area contributed by atoms with Crippen LogP contribution in [0, 0.1) is 17.8 Å². The van der Waals surface area contributed by atoms with E-state index >= 15 is 0 Å². The van der Waals surface area contributed by atoms with Crippen LogP contribution in [-0.2, 0) is 9.53 Å². The summed E-state index contributed by atoms with van der Waals surface area (Å²) in [6.07, 6.45) is 15.1. The predicted molar refractivity (Wildman–Crippen MR) is 163 cm³/mol. The van der Waals surface area contributed by atoms with Crippen LogP contribution in [0.3, 0.4) is 0 Å². The normalized spacial score (nSPS) is 24.7. The van der Waals surface area contributed by atoms with Crippen molar-refractivity contribution < 1.29 is 19.1 Å². The molecule has 1 heterocycles. The molecule has 41 heavy (non-hydrogen) atoms. The minimum atomic E-state index is -0.280. The summed E-state index contributed by atoms with van der Waals surface area (Å²) < 4.78 is 11.2. The number of methoxy groups -OCH3 is 1. The molecule has 3 fully saturated rings. The van der Waals surface area contributed by atoms with Crippen LogP contribution in [0.25, 0.3) is 11.3 Å². The predicted octanol–water partition coefficient (Wildman–Crippen LogP) is 7.96. The fourth-order valence-corrected chi connectivity index (χ4v) is 6.37. The molecule has 3 aliphatic rings. The molecule has 0 saturated heterocycles. The summed E-state index contributed by atoms with van der Waals surface area (Å²) in [6, 6.07) is 8.22. The molecule has 5 rings (SSSR count). The monoisotopic (exact) mass is 558 g/mol. The molecule has 0 aliphatic heterocycles. The number of aliphatic hydroxyl groups excluding tert-OH is 1. The van der Waals surface area contributed by atoms with E-state index in [2.05, 4.69) is 24.8 Å². The molecule has 6 heteroatoms. The molecule has 3 aliphatic carbocycles. The van der Waals surface area contributed by atoms with Gasteiger partial charge in [-0.1, -0.05) is 30.4 Å². The number of nitrogens with zero attached hydrogens (tertiary/aromatic N) is 2. The Kier molecular flexibility index (Phi) is 9.49. The average Bonchev–Trinajstić information content (AvgIpc) is 3.72. The zero-order valence-electron chi connectivity index (χ0n) is 25.0. The molecule has 3 saturated carbocycles. The van der Waals surface area contributed by atoms with Crippen LogP contribution in [-0.4, -0.2) is 35.8 Å².